The zero-order valence-electron chi connectivity index (χ0n) is 10.9. The molecule has 3 heteroatoms. The lowest BCUT2D eigenvalue weighted by molar-refractivity contribution is 0.481. The number of nitrogens with one attached hydrogen (secondary N) is 1. The molecule has 2 rings (SSSR count). The van der Waals surface area contributed by atoms with Gasteiger partial charge in [0, 0.05) is 6.04 Å². The van der Waals surface area contributed by atoms with Crippen LogP contribution in [0.25, 0.3) is 0 Å². The van der Waals surface area contributed by atoms with Crippen LogP contribution in [0.5, 0.6) is 0 Å². The van der Waals surface area contributed by atoms with E-state index in [9.17, 15) is 8.78 Å². The van der Waals surface area contributed by atoms with E-state index < -0.39 is 11.6 Å². The highest BCUT2D eigenvalue weighted by Gasteiger charge is 2.15. The van der Waals surface area contributed by atoms with Gasteiger partial charge in [0.1, 0.15) is 0 Å². The second kappa shape index (κ2) is 6.43. The van der Waals surface area contributed by atoms with Crippen molar-refractivity contribution in [1.29, 1.82) is 0 Å². The molecular formula is C16H17F2N. The maximum absolute atomic E-state index is 13.7. The molecule has 0 aliphatic carbocycles. The Balaban J connectivity index is 2.24. The molecule has 0 bridgehead atoms. The summed E-state index contributed by atoms with van der Waals surface area (Å²) in [4.78, 5) is 0. The van der Waals surface area contributed by atoms with Crippen molar-refractivity contribution in [3.8, 4) is 0 Å². The van der Waals surface area contributed by atoms with Gasteiger partial charge in [0.25, 0.3) is 0 Å². The van der Waals surface area contributed by atoms with Gasteiger partial charge in [-0.3, -0.25) is 0 Å². The number of benzene rings is 2. The second-order valence-corrected chi connectivity index (χ2v) is 4.44. The highest BCUT2D eigenvalue weighted by Crippen LogP contribution is 2.21. The number of hydrogen-bond acceptors (Lipinski definition) is 1. The Hall–Kier alpha value is -1.74. The van der Waals surface area contributed by atoms with Crippen molar-refractivity contribution in [2.75, 3.05) is 6.54 Å². The Bertz CT molecular complexity index is 526. The van der Waals surface area contributed by atoms with Crippen molar-refractivity contribution in [2.24, 2.45) is 0 Å². The first kappa shape index (κ1) is 13.7. The second-order valence-electron chi connectivity index (χ2n) is 4.44. The van der Waals surface area contributed by atoms with E-state index in [2.05, 4.69) is 5.32 Å². The molecule has 2 aromatic rings. The summed E-state index contributed by atoms with van der Waals surface area (Å²) in [6.07, 6.45) is 0.432. The molecule has 1 unspecified atom stereocenters. The van der Waals surface area contributed by atoms with E-state index in [0.29, 0.717) is 12.0 Å². The number of hydrogen-bond donors (Lipinski definition) is 1. The fraction of sp³-hybridized carbons (Fsp3) is 0.250. The third-order valence-corrected chi connectivity index (χ3v) is 3.11. The Labute approximate surface area is 112 Å². The molecule has 0 amide bonds. The number of likely N-dealkylation sites (N-methyl/N-ethyl adjacent to an activating group) is 1. The minimum absolute atomic E-state index is 0.0116. The lowest BCUT2D eigenvalue weighted by atomic mass is 9.98. The summed E-state index contributed by atoms with van der Waals surface area (Å²) in [5.41, 5.74) is 1.47. The van der Waals surface area contributed by atoms with Crippen molar-refractivity contribution in [3.63, 3.8) is 0 Å². The standard InChI is InChI=1S/C16H17F2N/c1-2-19-15(12-7-4-3-5-8-12)11-13-9-6-10-14(17)16(13)18/h3-10,15,19H,2,11H2,1H3. The van der Waals surface area contributed by atoms with Gasteiger partial charge in [-0.2, -0.15) is 0 Å². The Morgan fingerprint density at radius 3 is 2.42 bits per heavy atom. The zero-order chi connectivity index (χ0) is 13.7. The summed E-state index contributed by atoms with van der Waals surface area (Å²) < 4.78 is 26.9. The third kappa shape index (κ3) is 3.38. The first-order valence-corrected chi connectivity index (χ1v) is 6.43. The summed E-state index contributed by atoms with van der Waals surface area (Å²) in [5, 5.41) is 3.30. The highest BCUT2D eigenvalue weighted by atomic mass is 19.2. The molecule has 0 aromatic heterocycles. The molecular weight excluding hydrogens is 244 g/mol. The van der Waals surface area contributed by atoms with Gasteiger partial charge < -0.3 is 5.32 Å². The molecule has 0 saturated carbocycles. The Morgan fingerprint density at radius 1 is 1.00 bits per heavy atom. The van der Waals surface area contributed by atoms with Gasteiger partial charge in [-0.25, -0.2) is 8.78 Å². The first-order chi connectivity index (χ1) is 9.22. The van der Waals surface area contributed by atoms with E-state index in [0.717, 1.165) is 18.2 Å². The van der Waals surface area contributed by atoms with Crippen molar-refractivity contribution >= 4 is 0 Å². The molecule has 0 spiro atoms. The van der Waals surface area contributed by atoms with Gasteiger partial charge in [-0.1, -0.05) is 49.4 Å². The van der Waals surface area contributed by atoms with Crippen LogP contribution in [0.2, 0.25) is 0 Å². The average Bonchev–Trinajstić information content (AvgIpc) is 2.44. The molecule has 0 radical (unpaired) electrons. The molecule has 19 heavy (non-hydrogen) atoms. The molecule has 0 fully saturated rings. The minimum Gasteiger partial charge on any atom is -0.310 e. The van der Waals surface area contributed by atoms with E-state index >= 15 is 0 Å². The predicted molar refractivity (Wildman–Crippen MR) is 72.9 cm³/mol. The maximum atomic E-state index is 13.7. The molecule has 0 heterocycles. The third-order valence-electron chi connectivity index (χ3n) is 3.11. The van der Waals surface area contributed by atoms with Crippen molar-refractivity contribution < 1.29 is 8.78 Å². The Kier molecular flexibility index (Phi) is 4.63. The van der Waals surface area contributed by atoms with E-state index in [1.807, 2.05) is 37.3 Å². The normalized spacial score (nSPS) is 12.4. The monoisotopic (exact) mass is 261 g/mol. The molecule has 1 N–H and O–H groups in total. The first-order valence-electron chi connectivity index (χ1n) is 6.43. The molecule has 2 aromatic carbocycles. The summed E-state index contributed by atoms with van der Waals surface area (Å²) >= 11 is 0. The number of rotatable bonds is 5. The van der Waals surface area contributed by atoms with Crippen molar-refractivity contribution in [1.82, 2.24) is 5.32 Å². The fourth-order valence-corrected chi connectivity index (χ4v) is 2.17. The van der Waals surface area contributed by atoms with Crippen LogP contribution >= 0.6 is 0 Å². The van der Waals surface area contributed by atoms with E-state index in [1.165, 1.54) is 0 Å². The topological polar surface area (TPSA) is 12.0 Å². The van der Waals surface area contributed by atoms with E-state index in [1.54, 1.807) is 12.1 Å². The van der Waals surface area contributed by atoms with Crippen LogP contribution in [0.3, 0.4) is 0 Å². The van der Waals surface area contributed by atoms with E-state index in [-0.39, 0.29) is 6.04 Å². The quantitative estimate of drug-likeness (QED) is 0.861. The molecule has 0 aliphatic heterocycles. The fourth-order valence-electron chi connectivity index (χ4n) is 2.17. The summed E-state index contributed by atoms with van der Waals surface area (Å²) in [6, 6.07) is 14.1. The Morgan fingerprint density at radius 2 is 1.74 bits per heavy atom. The SMILES string of the molecule is CCNC(Cc1cccc(F)c1F)c1ccccc1. The summed E-state index contributed by atoms with van der Waals surface area (Å²) in [5.74, 6) is -1.54. The smallest absolute Gasteiger partial charge is 0.162 e. The summed E-state index contributed by atoms with van der Waals surface area (Å²) in [6.45, 7) is 2.77. The van der Waals surface area contributed by atoms with E-state index in [4.69, 9.17) is 0 Å². The van der Waals surface area contributed by atoms with Crippen LogP contribution in [0.1, 0.15) is 24.1 Å². The number of halogens is 2. The van der Waals surface area contributed by atoms with Gasteiger partial charge in [0.2, 0.25) is 0 Å². The molecule has 1 nitrogen and oxygen atoms in total. The van der Waals surface area contributed by atoms with Gasteiger partial charge in [0.15, 0.2) is 11.6 Å². The molecule has 0 saturated heterocycles. The van der Waals surface area contributed by atoms with Crippen LogP contribution in [-0.4, -0.2) is 6.54 Å². The van der Waals surface area contributed by atoms with Gasteiger partial charge in [-0.05, 0) is 30.2 Å². The highest BCUT2D eigenvalue weighted by molar-refractivity contribution is 5.25. The van der Waals surface area contributed by atoms with Crippen LogP contribution < -0.4 is 5.32 Å². The minimum atomic E-state index is -0.791. The average molecular weight is 261 g/mol. The maximum Gasteiger partial charge on any atom is 0.162 e. The lowest BCUT2D eigenvalue weighted by Gasteiger charge is -2.19. The van der Waals surface area contributed by atoms with Gasteiger partial charge >= 0.3 is 0 Å². The van der Waals surface area contributed by atoms with Crippen LogP contribution in [0, 0.1) is 11.6 Å². The van der Waals surface area contributed by atoms with Gasteiger partial charge in [0.05, 0.1) is 0 Å². The van der Waals surface area contributed by atoms with Crippen molar-refractivity contribution in [3.05, 3.63) is 71.3 Å². The molecule has 1 atom stereocenters. The van der Waals surface area contributed by atoms with Crippen LogP contribution in [-0.2, 0) is 6.42 Å². The lowest BCUT2D eigenvalue weighted by Crippen LogP contribution is -2.23. The van der Waals surface area contributed by atoms with Crippen LogP contribution in [0.15, 0.2) is 48.5 Å². The predicted octanol–water partition coefficient (Wildman–Crippen LogP) is 3.86. The zero-order valence-corrected chi connectivity index (χ0v) is 10.9. The molecule has 0 aliphatic rings. The summed E-state index contributed by atoms with van der Waals surface area (Å²) in [7, 11) is 0. The van der Waals surface area contributed by atoms with Gasteiger partial charge in [-0.15, -0.1) is 0 Å². The van der Waals surface area contributed by atoms with Crippen LogP contribution in [0.4, 0.5) is 8.78 Å². The molecule has 100 valence electrons. The van der Waals surface area contributed by atoms with Crippen molar-refractivity contribution in [2.45, 2.75) is 19.4 Å². The largest absolute Gasteiger partial charge is 0.310 e.